The molecule has 5 nitrogen and oxygen atoms in total. The highest BCUT2D eigenvalue weighted by atomic mass is 19.4. The van der Waals surface area contributed by atoms with Crippen molar-refractivity contribution in [2.45, 2.75) is 12.6 Å². The lowest BCUT2D eigenvalue weighted by Gasteiger charge is -2.16. The number of hydrogen-bond donors (Lipinski definition) is 1. The molecule has 0 bridgehead atoms. The van der Waals surface area contributed by atoms with E-state index in [9.17, 15) is 13.2 Å². The van der Waals surface area contributed by atoms with Gasteiger partial charge in [0.2, 0.25) is 5.95 Å². The van der Waals surface area contributed by atoms with E-state index in [0.29, 0.717) is 13.0 Å². The number of nitrogens with one attached hydrogen (secondary N) is 1. The predicted octanol–water partition coefficient (Wildman–Crippen LogP) is 3.22. The fraction of sp³-hybridized carbons (Fsp3) is 0.375. The van der Waals surface area contributed by atoms with Gasteiger partial charge in [-0.1, -0.05) is 12.1 Å². The Morgan fingerprint density at radius 2 is 1.92 bits per heavy atom. The molecule has 0 aliphatic carbocycles. The number of halogens is 3. The van der Waals surface area contributed by atoms with Gasteiger partial charge in [0.25, 0.3) is 0 Å². The Kier molecular flexibility index (Phi) is 5.48. The topological polar surface area (TPSA) is 50.3 Å². The first-order valence-electron chi connectivity index (χ1n) is 7.30. The Labute approximate surface area is 138 Å². The minimum absolute atomic E-state index is 0.0450. The maximum absolute atomic E-state index is 12.9. The molecule has 2 aromatic rings. The van der Waals surface area contributed by atoms with Crippen LogP contribution < -0.4 is 15.0 Å². The Bertz CT molecular complexity index is 689. The first-order chi connectivity index (χ1) is 11.3. The number of aromatic nitrogens is 2. The summed E-state index contributed by atoms with van der Waals surface area (Å²) in [7, 11) is 4.83. The van der Waals surface area contributed by atoms with Crippen LogP contribution in [0.2, 0.25) is 0 Å². The lowest BCUT2D eigenvalue weighted by molar-refractivity contribution is -0.141. The molecule has 0 spiro atoms. The van der Waals surface area contributed by atoms with Gasteiger partial charge in [0.1, 0.15) is 11.6 Å². The van der Waals surface area contributed by atoms with Crippen molar-refractivity contribution in [3.8, 4) is 5.75 Å². The van der Waals surface area contributed by atoms with Crippen LogP contribution in [0.25, 0.3) is 0 Å². The van der Waals surface area contributed by atoms with Gasteiger partial charge >= 0.3 is 6.18 Å². The Morgan fingerprint density at radius 3 is 2.54 bits per heavy atom. The predicted molar refractivity (Wildman–Crippen MR) is 86.5 cm³/mol. The minimum Gasteiger partial charge on any atom is -0.497 e. The maximum Gasteiger partial charge on any atom is 0.433 e. The number of alkyl halides is 3. The van der Waals surface area contributed by atoms with Crippen LogP contribution in [0.3, 0.4) is 0 Å². The molecule has 0 fully saturated rings. The second kappa shape index (κ2) is 7.37. The molecule has 24 heavy (non-hydrogen) atoms. The highest BCUT2D eigenvalue weighted by molar-refractivity contribution is 5.44. The van der Waals surface area contributed by atoms with Gasteiger partial charge in [-0.05, 0) is 24.1 Å². The van der Waals surface area contributed by atoms with Gasteiger partial charge in [-0.15, -0.1) is 0 Å². The van der Waals surface area contributed by atoms with Crippen molar-refractivity contribution in [2.24, 2.45) is 0 Å². The summed E-state index contributed by atoms with van der Waals surface area (Å²) >= 11 is 0. The third-order valence-electron chi connectivity index (χ3n) is 3.29. The van der Waals surface area contributed by atoms with Crippen molar-refractivity contribution >= 4 is 11.8 Å². The molecule has 0 radical (unpaired) electrons. The van der Waals surface area contributed by atoms with E-state index in [4.69, 9.17) is 4.74 Å². The number of benzene rings is 1. The first kappa shape index (κ1) is 17.8. The fourth-order valence-electron chi connectivity index (χ4n) is 2.03. The zero-order valence-corrected chi connectivity index (χ0v) is 13.7. The summed E-state index contributed by atoms with van der Waals surface area (Å²) in [6.07, 6.45) is -3.91. The van der Waals surface area contributed by atoms with Gasteiger partial charge in [0, 0.05) is 26.7 Å². The lowest BCUT2D eigenvalue weighted by atomic mass is 10.1. The standard InChI is InChI=1S/C16H19F3N4O/c1-23(2)14-10-13(16(17,18)19)21-15(22-14)20-8-7-11-5-4-6-12(9-11)24-3/h4-6,9-10H,7-8H2,1-3H3,(H,20,21,22). The van der Waals surface area contributed by atoms with E-state index in [-0.39, 0.29) is 11.8 Å². The zero-order valence-electron chi connectivity index (χ0n) is 13.7. The van der Waals surface area contributed by atoms with Crippen LogP contribution in [-0.4, -0.2) is 37.7 Å². The van der Waals surface area contributed by atoms with Crippen LogP contribution in [0.4, 0.5) is 24.9 Å². The molecule has 0 unspecified atom stereocenters. The molecule has 0 saturated heterocycles. The zero-order chi connectivity index (χ0) is 17.7. The van der Waals surface area contributed by atoms with Crippen molar-refractivity contribution in [2.75, 3.05) is 38.0 Å². The molecule has 1 aromatic carbocycles. The van der Waals surface area contributed by atoms with Crippen molar-refractivity contribution in [3.05, 3.63) is 41.6 Å². The van der Waals surface area contributed by atoms with E-state index in [1.54, 1.807) is 21.2 Å². The van der Waals surface area contributed by atoms with E-state index >= 15 is 0 Å². The Morgan fingerprint density at radius 1 is 1.17 bits per heavy atom. The molecular weight excluding hydrogens is 321 g/mol. The smallest absolute Gasteiger partial charge is 0.433 e. The van der Waals surface area contributed by atoms with Gasteiger partial charge in [-0.2, -0.15) is 18.2 Å². The largest absolute Gasteiger partial charge is 0.497 e. The number of hydrogen-bond acceptors (Lipinski definition) is 5. The summed E-state index contributed by atoms with van der Waals surface area (Å²) < 4.78 is 43.9. The number of methoxy groups -OCH3 is 1. The van der Waals surface area contributed by atoms with Gasteiger partial charge in [0.15, 0.2) is 5.69 Å². The van der Waals surface area contributed by atoms with Crippen LogP contribution >= 0.6 is 0 Å². The summed E-state index contributed by atoms with van der Waals surface area (Å²) in [5.41, 5.74) is 0.0340. The van der Waals surface area contributed by atoms with Gasteiger partial charge in [-0.25, -0.2) is 4.98 Å². The van der Waals surface area contributed by atoms with Crippen molar-refractivity contribution in [3.63, 3.8) is 0 Å². The van der Waals surface area contributed by atoms with Crippen LogP contribution in [0.5, 0.6) is 5.75 Å². The molecule has 1 heterocycles. The maximum atomic E-state index is 12.9. The molecule has 130 valence electrons. The number of anilines is 2. The van der Waals surface area contributed by atoms with Crippen LogP contribution in [0.15, 0.2) is 30.3 Å². The van der Waals surface area contributed by atoms with E-state index in [0.717, 1.165) is 17.4 Å². The Hall–Kier alpha value is -2.51. The second-order valence-electron chi connectivity index (χ2n) is 5.36. The van der Waals surface area contributed by atoms with Crippen molar-refractivity contribution < 1.29 is 17.9 Å². The molecule has 0 atom stereocenters. The average molecular weight is 340 g/mol. The summed E-state index contributed by atoms with van der Waals surface area (Å²) in [4.78, 5) is 9.15. The quantitative estimate of drug-likeness (QED) is 0.875. The molecule has 1 aromatic heterocycles. The normalized spacial score (nSPS) is 11.2. The minimum atomic E-state index is -4.52. The highest BCUT2D eigenvalue weighted by Gasteiger charge is 2.33. The number of rotatable bonds is 6. The highest BCUT2D eigenvalue weighted by Crippen LogP contribution is 2.30. The van der Waals surface area contributed by atoms with Gasteiger partial charge in [0.05, 0.1) is 7.11 Å². The molecule has 0 aliphatic rings. The summed E-state index contributed by atoms with van der Waals surface area (Å²) in [5, 5.41) is 2.85. The van der Waals surface area contributed by atoms with E-state index in [1.165, 1.54) is 4.90 Å². The molecule has 2 rings (SSSR count). The van der Waals surface area contributed by atoms with Gasteiger partial charge in [-0.3, -0.25) is 0 Å². The third-order valence-corrected chi connectivity index (χ3v) is 3.29. The molecular formula is C16H19F3N4O. The van der Waals surface area contributed by atoms with Crippen LogP contribution in [0.1, 0.15) is 11.3 Å². The molecule has 0 amide bonds. The number of ether oxygens (including phenoxy) is 1. The SMILES string of the molecule is COc1cccc(CCNc2nc(N(C)C)cc(C(F)(F)F)n2)c1. The van der Waals surface area contributed by atoms with Crippen LogP contribution in [-0.2, 0) is 12.6 Å². The van der Waals surface area contributed by atoms with Crippen molar-refractivity contribution in [1.82, 2.24) is 9.97 Å². The first-order valence-corrected chi connectivity index (χ1v) is 7.30. The lowest BCUT2D eigenvalue weighted by Crippen LogP contribution is -2.18. The molecule has 0 saturated carbocycles. The Balaban J connectivity index is 2.09. The van der Waals surface area contributed by atoms with Gasteiger partial charge < -0.3 is 15.0 Å². The average Bonchev–Trinajstić information content (AvgIpc) is 2.54. The molecule has 8 heteroatoms. The van der Waals surface area contributed by atoms with Crippen molar-refractivity contribution in [1.29, 1.82) is 0 Å². The summed E-state index contributed by atoms with van der Waals surface area (Å²) in [5.74, 6) is 0.885. The van der Waals surface area contributed by atoms with E-state index in [2.05, 4.69) is 15.3 Å². The summed E-state index contributed by atoms with van der Waals surface area (Å²) in [6, 6.07) is 8.41. The van der Waals surface area contributed by atoms with E-state index in [1.807, 2.05) is 24.3 Å². The summed E-state index contributed by atoms with van der Waals surface area (Å²) in [6.45, 7) is 0.404. The fourth-order valence-corrected chi connectivity index (χ4v) is 2.03. The monoisotopic (exact) mass is 340 g/mol. The molecule has 1 N–H and O–H groups in total. The van der Waals surface area contributed by atoms with E-state index < -0.39 is 11.9 Å². The van der Waals surface area contributed by atoms with Crippen LogP contribution in [0, 0.1) is 0 Å². The second-order valence-corrected chi connectivity index (χ2v) is 5.36. The number of nitrogens with zero attached hydrogens (tertiary/aromatic N) is 3. The third kappa shape index (κ3) is 4.74. The molecule has 0 aliphatic heterocycles.